The molecule has 2 aromatic heterocycles. The summed E-state index contributed by atoms with van der Waals surface area (Å²) in [5.74, 6) is 0. The molecule has 3 aromatic rings. The first-order valence-corrected chi connectivity index (χ1v) is 11.6. The summed E-state index contributed by atoms with van der Waals surface area (Å²) in [6, 6.07) is 13.5. The number of benzene rings is 1. The van der Waals surface area contributed by atoms with Crippen molar-refractivity contribution >= 4 is 22.9 Å². The number of rotatable bonds is 6. The molecule has 3 heterocycles. The molecule has 170 valence electrons. The van der Waals surface area contributed by atoms with E-state index in [9.17, 15) is 4.79 Å². The quantitative estimate of drug-likeness (QED) is 0.608. The molecule has 6 nitrogen and oxygen atoms in total. The topological polar surface area (TPSA) is 59.4 Å². The molecule has 5 rings (SSSR count). The van der Waals surface area contributed by atoms with Crippen LogP contribution in [0.25, 0.3) is 5.57 Å². The Bertz CT molecular complexity index is 1250. The van der Waals surface area contributed by atoms with Crippen molar-refractivity contribution < 1.29 is 4.74 Å². The van der Waals surface area contributed by atoms with Gasteiger partial charge in [0.2, 0.25) is 0 Å². The molecule has 33 heavy (non-hydrogen) atoms. The van der Waals surface area contributed by atoms with Gasteiger partial charge in [0.15, 0.2) is 0 Å². The maximum atomic E-state index is 12.9. The van der Waals surface area contributed by atoms with Crippen LogP contribution >= 0.6 is 11.6 Å². The van der Waals surface area contributed by atoms with E-state index in [0.29, 0.717) is 18.2 Å². The number of pyridine rings is 2. The minimum Gasteiger partial charge on any atom is -0.373 e. The lowest BCUT2D eigenvalue weighted by molar-refractivity contribution is 0.0421. The van der Waals surface area contributed by atoms with Gasteiger partial charge in [-0.05, 0) is 48.0 Å². The van der Waals surface area contributed by atoms with Crippen LogP contribution < -0.4 is 15.8 Å². The van der Waals surface area contributed by atoms with E-state index in [1.165, 1.54) is 0 Å². The second kappa shape index (κ2) is 9.51. The maximum Gasteiger partial charge on any atom is 0.251 e. The smallest absolute Gasteiger partial charge is 0.251 e. The van der Waals surface area contributed by atoms with Gasteiger partial charge in [-0.15, -0.1) is 0 Å². The van der Waals surface area contributed by atoms with E-state index in [4.69, 9.17) is 21.3 Å². The molecule has 1 fully saturated rings. The highest BCUT2D eigenvalue weighted by atomic mass is 35.5. The van der Waals surface area contributed by atoms with Crippen molar-refractivity contribution in [3.8, 4) is 0 Å². The van der Waals surface area contributed by atoms with E-state index in [0.717, 1.165) is 59.7 Å². The number of fused-ring (bicyclic) bond motifs is 1. The molecule has 1 saturated heterocycles. The van der Waals surface area contributed by atoms with Gasteiger partial charge in [-0.3, -0.25) is 9.78 Å². The molecule has 0 saturated carbocycles. The zero-order chi connectivity index (χ0) is 22.8. The summed E-state index contributed by atoms with van der Waals surface area (Å²) in [5, 5.41) is 3.86. The Labute approximate surface area is 198 Å². The molecule has 7 heteroatoms. The van der Waals surface area contributed by atoms with Gasteiger partial charge in [-0.25, -0.2) is 0 Å². The molecule has 0 radical (unpaired) electrons. The van der Waals surface area contributed by atoms with E-state index < -0.39 is 0 Å². The Morgan fingerprint density at radius 3 is 2.97 bits per heavy atom. The average molecular weight is 463 g/mol. The SMILES string of the molecule is CNCC1CN(c2cnc3c(c2)C(c2ccn(Cc4cccc(Cl)c4)c(=O)c2)=CC3)CCO1. The lowest BCUT2D eigenvalue weighted by Crippen LogP contribution is -2.46. The zero-order valence-electron chi connectivity index (χ0n) is 18.6. The second-order valence-corrected chi connectivity index (χ2v) is 8.95. The summed E-state index contributed by atoms with van der Waals surface area (Å²) >= 11 is 6.09. The predicted molar refractivity (Wildman–Crippen MR) is 132 cm³/mol. The summed E-state index contributed by atoms with van der Waals surface area (Å²) in [5.41, 5.74) is 6.22. The van der Waals surface area contributed by atoms with E-state index in [1.807, 2.05) is 49.8 Å². The monoisotopic (exact) mass is 462 g/mol. The molecule has 1 aliphatic heterocycles. The molecule has 1 aliphatic carbocycles. The summed E-state index contributed by atoms with van der Waals surface area (Å²) < 4.78 is 7.55. The van der Waals surface area contributed by atoms with Gasteiger partial charge in [0, 0.05) is 48.9 Å². The first-order valence-electron chi connectivity index (χ1n) is 11.3. The maximum absolute atomic E-state index is 12.9. The summed E-state index contributed by atoms with van der Waals surface area (Å²) in [7, 11) is 1.94. The van der Waals surface area contributed by atoms with Gasteiger partial charge in [0.25, 0.3) is 5.56 Å². The standard InChI is InChI=1S/C26H27ClN4O2/c1-28-15-22-17-30(9-10-33-22)21-13-24-23(5-6-25(24)29-14-21)19-7-8-31(26(32)12-19)16-18-3-2-4-20(27)11-18/h2-5,7-8,11-14,22,28H,6,9-10,15-17H2,1H3. The van der Waals surface area contributed by atoms with Crippen LogP contribution in [0.3, 0.4) is 0 Å². The number of halogens is 1. The predicted octanol–water partition coefficient (Wildman–Crippen LogP) is 3.36. The number of anilines is 1. The fourth-order valence-corrected chi connectivity index (χ4v) is 4.79. The molecular weight excluding hydrogens is 436 g/mol. The molecule has 1 atom stereocenters. The number of ether oxygens (including phenoxy) is 1. The largest absolute Gasteiger partial charge is 0.373 e. The summed E-state index contributed by atoms with van der Waals surface area (Å²) in [4.78, 5) is 19.9. The molecule has 2 aliphatic rings. The molecule has 1 N–H and O–H groups in total. The highest BCUT2D eigenvalue weighted by molar-refractivity contribution is 6.30. The van der Waals surface area contributed by atoms with Crippen LogP contribution in [-0.2, 0) is 17.7 Å². The van der Waals surface area contributed by atoms with Crippen molar-refractivity contribution in [3.05, 3.63) is 98.7 Å². The number of nitrogens with zero attached hydrogens (tertiary/aromatic N) is 3. The number of nitrogens with one attached hydrogen (secondary N) is 1. The van der Waals surface area contributed by atoms with Gasteiger partial charge in [-0.1, -0.05) is 29.8 Å². The number of likely N-dealkylation sites (N-methyl/N-ethyl adjacent to an activating group) is 1. The Hall–Kier alpha value is -2.93. The molecule has 0 spiro atoms. The van der Waals surface area contributed by atoms with Gasteiger partial charge < -0.3 is 19.5 Å². The van der Waals surface area contributed by atoms with Crippen LogP contribution in [0.1, 0.15) is 22.4 Å². The minimum atomic E-state index is -0.0333. The molecular formula is C26H27ClN4O2. The molecule has 1 unspecified atom stereocenters. The number of aromatic nitrogens is 2. The Morgan fingerprint density at radius 1 is 1.24 bits per heavy atom. The fraction of sp³-hybridized carbons (Fsp3) is 0.308. The molecule has 1 aromatic carbocycles. The lowest BCUT2D eigenvalue weighted by Gasteiger charge is -2.34. The third-order valence-electron chi connectivity index (χ3n) is 6.23. The third-order valence-corrected chi connectivity index (χ3v) is 6.47. The van der Waals surface area contributed by atoms with Crippen molar-refractivity contribution in [2.75, 3.05) is 38.2 Å². The van der Waals surface area contributed by atoms with Gasteiger partial charge in [0.05, 0.1) is 36.8 Å². The number of allylic oxidation sites excluding steroid dienone is 1. The summed E-state index contributed by atoms with van der Waals surface area (Å²) in [6.07, 6.45) is 6.93. The van der Waals surface area contributed by atoms with Crippen LogP contribution in [0.2, 0.25) is 5.02 Å². The van der Waals surface area contributed by atoms with Gasteiger partial charge in [-0.2, -0.15) is 0 Å². The number of hydrogen-bond donors (Lipinski definition) is 1. The van der Waals surface area contributed by atoms with Crippen molar-refractivity contribution in [2.24, 2.45) is 0 Å². The third kappa shape index (κ3) is 4.74. The average Bonchev–Trinajstić information content (AvgIpc) is 3.24. The fourth-order valence-electron chi connectivity index (χ4n) is 4.58. The van der Waals surface area contributed by atoms with Gasteiger partial charge in [0.1, 0.15) is 0 Å². The first-order chi connectivity index (χ1) is 16.1. The van der Waals surface area contributed by atoms with Crippen LogP contribution in [0.5, 0.6) is 0 Å². The van der Waals surface area contributed by atoms with Crippen molar-refractivity contribution in [1.29, 1.82) is 0 Å². The van der Waals surface area contributed by atoms with Crippen molar-refractivity contribution in [3.63, 3.8) is 0 Å². The van der Waals surface area contributed by atoms with Gasteiger partial charge >= 0.3 is 0 Å². The Balaban J connectivity index is 1.38. The number of hydrogen-bond acceptors (Lipinski definition) is 5. The number of morpholine rings is 1. The van der Waals surface area contributed by atoms with Crippen molar-refractivity contribution in [2.45, 2.75) is 19.1 Å². The van der Waals surface area contributed by atoms with Crippen molar-refractivity contribution in [1.82, 2.24) is 14.9 Å². The second-order valence-electron chi connectivity index (χ2n) is 8.52. The van der Waals surface area contributed by atoms with Crippen LogP contribution in [0.4, 0.5) is 5.69 Å². The summed E-state index contributed by atoms with van der Waals surface area (Å²) in [6.45, 7) is 3.70. The van der Waals surface area contributed by atoms with E-state index in [-0.39, 0.29) is 11.7 Å². The first kappa shape index (κ1) is 21.9. The normalized spacial score (nSPS) is 17.7. The minimum absolute atomic E-state index is 0.0333. The van der Waals surface area contributed by atoms with E-state index in [2.05, 4.69) is 22.4 Å². The Kier molecular flexibility index (Phi) is 6.31. The van der Waals surface area contributed by atoms with E-state index >= 15 is 0 Å². The highest BCUT2D eigenvalue weighted by Crippen LogP contribution is 2.34. The van der Waals surface area contributed by atoms with E-state index in [1.54, 1.807) is 10.6 Å². The van der Waals surface area contributed by atoms with Crippen LogP contribution in [-0.4, -0.2) is 48.9 Å². The highest BCUT2D eigenvalue weighted by Gasteiger charge is 2.23. The zero-order valence-corrected chi connectivity index (χ0v) is 19.4. The van der Waals surface area contributed by atoms with Crippen LogP contribution in [0.15, 0.2) is 65.7 Å². The molecule has 0 bridgehead atoms. The molecule has 0 amide bonds. The lowest BCUT2D eigenvalue weighted by atomic mass is 10.0. The Morgan fingerprint density at radius 2 is 2.15 bits per heavy atom. The van der Waals surface area contributed by atoms with Crippen LogP contribution in [0, 0.1) is 0 Å².